The Morgan fingerprint density at radius 3 is 2.49 bits per heavy atom. The van der Waals surface area contributed by atoms with Crippen molar-refractivity contribution in [1.82, 2.24) is 10.0 Å². The molecule has 0 aliphatic carbocycles. The summed E-state index contributed by atoms with van der Waals surface area (Å²) in [6, 6.07) is 25.6. The summed E-state index contributed by atoms with van der Waals surface area (Å²) in [4.78, 5) is 24.4. The molecule has 0 saturated heterocycles. The number of fused-ring (bicyclic) bond motifs is 2. The minimum atomic E-state index is -3.92. The summed E-state index contributed by atoms with van der Waals surface area (Å²) >= 11 is 0. The molecule has 37 heavy (non-hydrogen) atoms. The van der Waals surface area contributed by atoms with Crippen molar-refractivity contribution < 1.29 is 22.7 Å². The number of nitrogens with one attached hydrogen (secondary N) is 2. The molecule has 2 atom stereocenters. The first-order valence-electron chi connectivity index (χ1n) is 12.0. The van der Waals surface area contributed by atoms with Gasteiger partial charge in [-0.05, 0) is 34.5 Å². The van der Waals surface area contributed by atoms with Crippen LogP contribution in [0, 0.1) is 0 Å². The minimum Gasteiger partial charge on any atom is -0.493 e. The molecule has 0 unspecified atom stereocenters. The average molecular weight is 515 g/mol. The summed E-state index contributed by atoms with van der Waals surface area (Å²) in [5.74, 6) is 0.269. The van der Waals surface area contributed by atoms with Gasteiger partial charge in [0.1, 0.15) is 12.0 Å². The molecule has 8 heteroatoms. The number of hydrogen-bond donors (Lipinski definition) is 2. The molecular formula is C29H26N2O5S. The molecule has 0 bridgehead atoms. The maximum absolute atomic E-state index is 13.4. The predicted octanol–water partition coefficient (Wildman–Crippen LogP) is 4.70. The van der Waals surface area contributed by atoms with Crippen LogP contribution in [0.2, 0.25) is 0 Å². The number of carbonyl (C=O) groups excluding carboxylic acids is 2. The van der Waals surface area contributed by atoms with Crippen molar-refractivity contribution in [2.24, 2.45) is 0 Å². The number of aldehydes is 1. The molecule has 2 N–H and O–H groups in total. The molecule has 1 aliphatic heterocycles. The summed E-state index contributed by atoms with van der Waals surface area (Å²) in [5, 5.41) is 4.78. The minimum absolute atomic E-state index is 0.0874. The molecule has 188 valence electrons. The van der Waals surface area contributed by atoms with Crippen LogP contribution in [0.5, 0.6) is 5.75 Å². The Hall–Kier alpha value is -4.01. The number of carbonyl (C=O) groups is 2. The molecule has 1 aliphatic rings. The maximum Gasteiger partial charge on any atom is 0.241 e. The van der Waals surface area contributed by atoms with Gasteiger partial charge in [-0.1, -0.05) is 72.8 Å². The first kappa shape index (κ1) is 24.7. The number of ether oxygens (including phenoxy) is 1. The first-order valence-corrected chi connectivity index (χ1v) is 13.5. The van der Waals surface area contributed by atoms with E-state index in [2.05, 4.69) is 10.0 Å². The fraction of sp³-hybridized carbons (Fsp3) is 0.172. The second-order valence-corrected chi connectivity index (χ2v) is 10.7. The average Bonchev–Trinajstić information content (AvgIpc) is 2.92. The standard InChI is InChI=1S/C29H26N2O5S/c32-19-20-10-13-25-26(14-15-36-28(25)16-20)30-29(33)18-27(22-7-2-1-3-8-22)31-37(34,35)24-12-11-21-6-4-5-9-23(21)17-24/h1-13,16-17,19,26-27,31H,14-15,18H2,(H,30,33)/t26-,27-/m1/s1. The van der Waals surface area contributed by atoms with Crippen LogP contribution in [-0.2, 0) is 14.8 Å². The third-order valence-corrected chi connectivity index (χ3v) is 7.94. The van der Waals surface area contributed by atoms with Gasteiger partial charge in [0.05, 0.1) is 23.6 Å². The second kappa shape index (κ2) is 10.5. The van der Waals surface area contributed by atoms with Crippen molar-refractivity contribution in [1.29, 1.82) is 0 Å². The molecule has 0 saturated carbocycles. The molecule has 0 spiro atoms. The molecule has 7 nitrogen and oxygen atoms in total. The van der Waals surface area contributed by atoms with Crippen molar-refractivity contribution in [2.75, 3.05) is 6.61 Å². The van der Waals surface area contributed by atoms with Gasteiger partial charge in [0.15, 0.2) is 0 Å². The van der Waals surface area contributed by atoms with E-state index in [4.69, 9.17) is 4.74 Å². The van der Waals surface area contributed by atoms with Gasteiger partial charge in [-0.2, -0.15) is 0 Å². The molecule has 0 aromatic heterocycles. The highest BCUT2D eigenvalue weighted by Crippen LogP contribution is 2.33. The van der Waals surface area contributed by atoms with Crippen molar-refractivity contribution in [3.8, 4) is 5.75 Å². The molecular weight excluding hydrogens is 488 g/mol. The highest BCUT2D eigenvalue weighted by Gasteiger charge is 2.27. The smallest absolute Gasteiger partial charge is 0.241 e. The highest BCUT2D eigenvalue weighted by atomic mass is 32.2. The zero-order valence-electron chi connectivity index (χ0n) is 20.0. The lowest BCUT2D eigenvalue weighted by molar-refractivity contribution is -0.122. The number of amides is 1. The molecule has 4 aromatic carbocycles. The molecule has 0 radical (unpaired) electrons. The second-order valence-electron chi connectivity index (χ2n) is 8.97. The van der Waals surface area contributed by atoms with Crippen LogP contribution in [0.3, 0.4) is 0 Å². The van der Waals surface area contributed by atoms with Crippen LogP contribution in [0.1, 0.15) is 46.4 Å². The lowest BCUT2D eigenvalue weighted by Crippen LogP contribution is -2.36. The Labute approximate surface area is 215 Å². The lowest BCUT2D eigenvalue weighted by atomic mass is 9.98. The van der Waals surface area contributed by atoms with Crippen LogP contribution in [0.4, 0.5) is 0 Å². The van der Waals surface area contributed by atoms with Gasteiger partial charge in [0.25, 0.3) is 0 Å². The summed E-state index contributed by atoms with van der Waals surface area (Å²) < 4.78 is 35.1. The Balaban J connectivity index is 1.37. The van der Waals surface area contributed by atoms with Crippen molar-refractivity contribution >= 4 is 33.0 Å². The van der Waals surface area contributed by atoms with Gasteiger partial charge in [-0.3, -0.25) is 9.59 Å². The fourth-order valence-electron chi connectivity index (χ4n) is 4.57. The third-order valence-electron chi connectivity index (χ3n) is 6.47. The van der Waals surface area contributed by atoms with Gasteiger partial charge in [-0.25, -0.2) is 13.1 Å². The first-order chi connectivity index (χ1) is 17.9. The van der Waals surface area contributed by atoms with E-state index in [-0.39, 0.29) is 23.3 Å². The van der Waals surface area contributed by atoms with Crippen molar-refractivity contribution in [3.05, 3.63) is 108 Å². The van der Waals surface area contributed by atoms with E-state index in [1.165, 1.54) is 0 Å². The zero-order chi connectivity index (χ0) is 25.8. The molecule has 1 heterocycles. The predicted molar refractivity (Wildman–Crippen MR) is 141 cm³/mol. The number of hydrogen-bond acceptors (Lipinski definition) is 5. The van der Waals surface area contributed by atoms with E-state index >= 15 is 0 Å². The van der Waals surface area contributed by atoms with E-state index < -0.39 is 16.1 Å². The van der Waals surface area contributed by atoms with Crippen molar-refractivity contribution in [2.45, 2.75) is 29.8 Å². The van der Waals surface area contributed by atoms with E-state index in [0.717, 1.165) is 22.6 Å². The largest absolute Gasteiger partial charge is 0.493 e. The van der Waals surface area contributed by atoms with Crippen LogP contribution in [0.25, 0.3) is 10.8 Å². The molecule has 0 fully saturated rings. The zero-order valence-corrected chi connectivity index (χ0v) is 20.8. The van der Waals surface area contributed by atoms with E-state index in [9.17, 15) is 18.0 Å². The van der Waals surface area contributed by atoms with Gasteiger partial charge in [-0.15, -0.1) is 0 Å². The van der Waals surface area contributed by atoms with Crippen LogP contribution < -0.4 is 14.8 Å². The summed E-state index contributed by atoms with van der Waals surface area (Å²) in [6.45, 7) is 0.400. The molecule has 4 aromatic rings. The Bertz CT molecular complexity index is 1550. The molecule has 1 amide bonds. The van der Waals surface area contributed by atoms with Gasteiger partial charge >= 0.3 is 0 Å². The summed E-state index contributed by atoms with van der Waals surface area (Å²) in [6.07, 6.45) is 1.23. The van der Waals surface area contributed by atoms with Gasteiger partial charge < -0.3 is 10.1 Å². The van der Waals surface area contributed by atoms with Crippen LogP contribution in [-0.4, -0.2) is 27.2 Å². The van der Waals surface area contributed by atoms with Crippen LogP contribution >= 0.6 is 0 Å². The van der Waals surface area contributed by atoms with Gasteiger partial charge in [0.2, 0.25) is 15.9 Å². The monoisotopic (exact) mass is 514 g/mol. The summed E-state index contributed by atoms with van der Waals surface area (Å²) in [7, 11) is -3.92. The number of rotatable bonds is 8. The van der Waals surface area contributed by atoms with E-state index in [1.807, 2.05) is 42.5 Å². The summed E-state index contributed by atoms with van der Waals surface area (Å²) in [5.41, 5.74) is 1.97. The molecule has 5 rings (SSSR count). The maximum atomic E-state index is 13.4. The fourth-order valence-corrected chi connectivity index (χ4v) is 5.83. The highest BCUT2D eigenvalue weighted by molar-refractivity contribution is 7.89. The Morgan fingerprint density at radius 1 is 0.946 bits per heavy atom. The van der Waals surface area contributed by atoms with Gasteiger partial charge in [0, 0.05) is 24.0 Å². The topological polar surface area (TPSA) is 102 Å². The van der Waals surface area contributed by atoms with E-state index in [1.54, 1.807) is 48.5 Å². The Morgan fingerprint density at radius 2 is 1.70 bits per heavy atom. The SMILES string of the molecule is O=Cc1ccc2c(c1)OCC[C@H]2NC(=O)C[C@@H](NS(=O)(=O)c1ccc2ccccc2c1)c1ccccc1. The number of benzene rings is 4. The quantitative estimate of drug-likeness (QED) is 0.332. The Kier molecular flexibility index (Phi) is 7.03. The van der Waals surface area contributed by atoms with E-state index in [0.29, 0.717) is 29.9 Å². The number of sulfonamides is 1. The third kappa shape index (κ3) is 5.55. The van der Waals surface area contributed by atoms with Crippen molar-refractivity contribution in [3.63, 3.8) is 0 Å². The lowest BCUT2D eigenvalue weighted by Gasteiger charge is -2.28. The van der Waals surface area contributed by atoms with Crippen LogP contribution in [0.15, 0.2) is 95.9 Å². The normalized spacial score (nSPS) is 15.8.